The summed E-state index contributed by atoms with van der Waals surface area (Å²) in [5.41, 5.74) is 2.67. The Balaban J connectivity index is 1.75. The highest BCUT2D eigenvalue weighted by Gasteiger charge is 2.32. The van der Waals surface area contributed by atoms with Crippen LogP contribution in [0.5, 0.6) is 0 Å². The molecule has 0 spiro atoms. The van der Waals surface area contributed by atoms with Crippen molar-refractivity contribution >= 4 is 0 Å². The molecule has 0 amide bonds. The number of piperazine rings is 1. The third kappa shape index (κ3) is 2.38. The SMILES string of the molecule is Cc1nc2c(n1C)CNCC2N1CCN(C(C)C)CC1. The van der Waals surface area contributed by atoms with Crippen LogP contribution in [0.1, 0.15) is 37.1 Å². The van der Waals surface area contributed by atoms with Crippen LogP contribution in [0, 0.1) is 6.92 Å². The Morgan fingerprint density at radius 3 is 2.55 bits per heavy atom. The Labute approximate surface area is 122 Å². The maximum Gasteiger partial charge on any atom is 0.105 e. The normalized spacial score (nSPS) is 25.1. The molecule has 1 fully saturated rings. The van der Waals surface area contributed by atoms with Crippen LogP contribution in [0.15, 0.2) is 0 Å². The van der Waals surface area contributed by atoms with Crippen LogP contribution in [0.3, 0.4) is 0 Å². The van der Waals surface area contributed by atoms with Crippen LogP contribution >= 0.6 is 0 Å². The molecule has 5 heteroatoms. The molecule has 1 saturated heterocycles. The molecule has 0 radical (unpaired) electrons. The summed E-state index contributed by atoms with van der Waals surface area (Å²) in [5, 5.41) is 3.56. The third-order valence-electron chi connectivity index (χ3n) is 4.93. The summed E-state index contributed by atoms with van der Waals surface area (Å²) in [6.07, 6.45) is 0. The van der Waals surface area contributed by atoms with Gasteiger partial charge in [0.25, 0.3) is 0 Å². The molecule has 0 aliphatic carbocycles. The summed E-state index contributed by atoms with van der Waals surface area (Å²) in [7, 11) is 2.13. The van der Waals surface area contributed by atoms with E-state index < -0.39 is 0 Å². The largest absolute Gasteiger partial charge is 0.334 e. The molecule has 1 aromatic heterocycles. The zero-order valence-electron chi connectivity index (χ0n) is 13.2. The second-order valence-corrected chi connectivity index (χ2v) is 6.36. The van der Waals surface area contributed by atoms with E-state index in [0.29, 0.717) is 12.1 Å². The number of fused-ring (bicyclic) bond motifs is 1. The summed E-state index contributed by atoms with van der Waals surface area (Å²) in [6.45, 7) is 13.3. The van der Waals surface area contributed by atoms with Gasteiger partial charge in [0.05, 0.1) is 17.4 Å². The monoisotopic (exact) mass is 277 g/mol. The van der Waals surface area contributed by atoms with Gasteiger partial charge >= 0.3 is 0 Å². The van der Waals surface area contributed by atoms with E-state index in [1.807, 2.05) is 0 Å². The van der Waals surface area contributed by atoms with E-state index in [-0.39, 0.29) is 0 Å². The van der Waals surface area contributed by atoms with Gasteiger partial charge in [0.1, 0.15) is 5.82 Å². The van der Waals surface area contributed by atoms with Gasteiger partial charge in [-0.3, -0.25) is 9.80 Å². The van der Waals surface area contributed by atoms with Crippen LogP contribution in [-0.4, -0.2) is 58.1 Å². The van der Waals surface area contributed by atoms with Gasteiger partial charge in [-0.15, -0.1) is 0 Å². The summed E-state index contributed by atoms with van der Waals surface area (Å²) >= 11 is 0. The molecule has 1 N–H and O–H groups in total. The molecule has 20 heavy (non-hydrogen) atoms. The second kappa shape index (κ2) is 5.47. The summed E-state index contributed by atoms with van der Waals surface area (Å²) in [5.74, 6) is 1.13. The van der Waals surface area contributed by atoms with Gasteiger partial charge in [-0.1, -0.05) is 0 Å². The molecule has 2 aliphatic heterocycles. The lowest BCUT2D eigenvalue weighted by atomic mass is 10.0. The van der Waals surface area contributed by atoms with Gasteiger partial charge < -0.3 is 9.88 Å². The molecule has 2 aliphatic rings. The van der Waals surface area contributed by atoms with Crippen molar-refractivity contribution in [3.63, 3.8) is 0 Å². The van der Waals surface area contributed by atoms with Gasteiger partial charge in [-0.05, 0) is 20.8 Å². The predicted molar refractivity (Wildman–Crippen MR) is 80.7 cm³/mol. The lowest BCUT2D eigenvalue weighted by molar-refractivity contribution is 0.0732. The standard InChI is InChI=1S/C15H27N5/c1-11(2)19-5-7-20(8-6-19)14-10-16-9-13-15(14)17-12(3)18(13)4/h11,14,16H,5-10H2,1-4H3. The number of nitrogens with zero attached hydrogens (tertiary/aromatic N) is 4. The maximum atomic E-state index is 4.83. The number of hydrogen-bond donors (Lipinski definition) is 1. The van der Waals surface area contributed by atoms with Crippen molar-refractivity contribution in [3.05, 3.63) is 17.2 Å². The summed E-state index contributed by atoms with van der Waals surface area (Å²) in [4.78, 5) is 10.0. The zero-order valence-corrected chi connectivity index (χ0v) is 13.2. The minimum Gasteiger partial charge on any atom is -0.334 e. The number of aryl methyl sites for hydroxylation is 1. The number of imidazole rings is 1. The molecule has 112 valence electrons. The van der Waals surface area contributed by atoms with Crippen molar-refractivity contribution in [2.75, 3.05) is 32.7 Å². The molecule has 1 unspecified atom stereocenters. The minimum absolute atomic E-state index is 0.452. The van der Waals surface area contributed by atoms with Crippen LogP contribution in [0.4, 0.5) is 0 Å². The summed E-state index contributed by atoms with van der Waals surface area (Å²) < 4.78 is 2.23. The Kier molecular flexibility index (Phi) is 3.84. The number of nitrogens with one attached hydrogen (secondary N) is 1. The average Bonchev–Trinajstić information content (AvgIpc) is 2.74. The topological polar surface area (TPSA) is 36.3 Å². The van der Waals surface area contributed by atoms with Crippen molar-refractivity contribution in [2.45, 2.75) is 39.4 Å². The van der Waals surface area contributed by atoms with Crippen molar-refractivity contribution in [2.24, 2.45) is 7.05 Å². The molecule has 1 aromatic rings. The molecular weight excluding hydrogens is 250 g/mol. The van der Waals surface area contributed by atoms with Gasteiger partial charge in [-0.2, -0.15) is 0 Å². The highest BCUT2D eigenvalue weighted by Crippen LogP contribution is 2.28. The van der Waals surface area contributed by atoms with E-state index in [1.165, 1.54) is 24.5 Å². The lowest BCUT2D eigenvalue weighted by Crippen LogP contribution is -2.52. The van der Waals surface area contributed by atoms with Crippen LogP contribution in [0.2, 0.25) is 0 Å². The Hall–Kier alpha value is -0.910. The van der Waals surface area contributed by atoms with Gasteiger partial charge in [-0.25, -0.2) is 4.98 Å². The molecule has 5 nitrogen and oxygen atoms in total. The van der Waals surface area contributed by atoms with Crippen molar-refractivity contribution in [1.82, 2.24) is 24.7 Å². The summed E-state index contributed by atoms with van der Waals surface area (Å²) in [6, 6.07) is 1.11. The first-order valence-corrected chi connectivity index (χ1v) is 7.79. The van der Waals surface area contributed by atoms with Crippen molar-refractivity contribution in [3.8, 4) is 0 Å². The third-order valence-corrected chi connectivity index (χ3v) is 4.93. The average molecular weight is 277 g/mol. The fraction of sp³-hybridized carbons (Fsp3) is 0.800. The minimum atomic E-state index is 0.452. The van der Waals surface area contributed by atoms with Crippen molar-refractivity contribution in [1.29, 1.82) is 0 Å². The Bertz CT molecular complexity index is 471. The number of hydrogen-bond acceptors (Lipinski definition) is 4. The van der Waals surface area contributed by atoms with Gasteiger partial charge in [0.2, 0.25) is 0 Å². The van der Waals surface area contributed by atoms with E-state index >= 15 is 0 Å². The molecule has 0 saturated carbocycles. The van der Waals surface area contributed by atoms with Gasteiger partial charge in [0.15, 0.2) is 0 Å². The smallest absolute Gasteiger partial charge is 0.105 e. The predicted octanol–water partition coefficient (Wildman–Crippen LogP) is 0.899. The first-order valence-electron chi connectivity index (χ1n) is 7.79. The second-order valence-electron chi connectivity index (χ2n) is 6.36. The first kappa shape index (κ1) is 14.0. The quantitative estimate of drug-likeness (QED) is 0.871. The van der Waals surface area contributed by atoms with Crippen LogP contribution < -0.4 is 5.32 Å². The molecule has 3 heterocycles. The number of rotatable bonds is 2. The molecular formula is C15H27N5. The van der Waals surface area contributed by atoms with E-state index in [4.69, 9.17) is 4.98 Å². The molecule has 0 bridgehead atoms. The maximum absolute atomic E-state index is 4.83. The molecule has 0 aromatic carbocycles. The van der Waals surface area contributed by atoms with E-state index in [1.54, 1.807) is 0 Å². The molecule has 3 rings (SSSR count). The van der Waals surface area contributed by atoms with Crippen LogP contribution in [0.25, 0.3) is 0 Å². The fourth-order valence-corrected chi connectivity index (χ4v) is 3.45. The highest BCUT2D eigenvalue weighted by atomic mass is 15.3. The van der Waals surface area contributed by atoms with E-state index in [2.05, 4.69) is 47.5 Å². The fourth-order valence-electron chi connectivity index (χ4n) is 3.45. The Morgan fingerprint density at radius 1 is 1.20 bits per heavy atom. The first-order chi connectivity index (χ1) is 9.58. The van der Waals surface area contributed by atoms with Gasteiger partial charge in [0, 0.05) is 52.4 Å². The van der Waals surface area contributed by atoms with E-state index in [0.717, 1.165) is 32.0 Å². The number of aromatic nitrogens is 2. The van der Waals surface area contributed by atoms with Crippen LogP contribution in [-0.2, 0) is 13.6 Å². The molecule has 1 atom stereocenters. The highest BCUT2D eigenvalue weighted by molar-refractivity contribution is 5.23. The zero-order chi connectivity index (χ0) is 14.3. The Morgan fingerprint density at radius 2 is 1.90 bits per heavy atom. The lowest BCUT2D eigenvalue weighted by Gasteiger charge is -2.41. The van der Waals surface area contributed by atoms with Crippen molar-refractivity contribution < 1.29 is 0 Å². The van der Waals surface area contributed by atoms with E-state index in [9.17, 15) is 0 Å².